The Morgan fingerprint density at radius 1 is 0.355 bits per heavy atom. The highest BCUT2D eigenvalue weighted by Crippen LogP contribution is 2.14. The highest BCUT2D eigenvalue weighted by Gasteiger charge is 2.17. The van der Waals surface area contributed by atoms with Gasteiger partial charge in [0.1, 0.15) is 6.61 Å². The fourth-order valence-electron chi connectivity index (χ4n) is 7.43. The van der Waals surface area contributed by atoms with Gasteiger partial charge in [0, 0.05) is 19.4 Å². The summed E-state index contributed by atoms with van der Waals surface area (Å²) in [6.07, 6.45) is 66.5. The van der Waals surface area contributed by atoms with Crippen molar-refractivity contribution in [1.29, 1.82) is 0 Å². The van der Waals surface area contributed by atoms with E-state index in [1.54, 1.807) is 0 Å². The zero-order valence-corrected chi connectivity index (χ0v) is 41.4. The molecule has 5 nitrogen and oxygen atoms in total. The Kier molecular flexibility index (Phi) is 50.9. The molecule has 0 aliphatic carbocycles. The van der Waals surface area contributed by atoms with Gasteiger partial charge < -0.3 is 14.2 Å². The van der Waals surface area contributed by atoms with Gasteiger partial charge in [-0.15, -0.1) is 0 Å². The molecule has 0 heterocycles. The molecule has 1 atom stereocenters. The van der Waals surface area contributed by atoms with Crippen LogP contribution in [0.25, 0.3) is 0 Å². The standard InChI is InChI=1S/C57H102O5/c1-4-7-10-13-16-19-22-25-27-28-29-30-32-33-35-38-41-44-47-50-56(58)61-54-55(53-60-52-49-46-43-40-37-24-21-18-15-12-9-6-3)62-57(59)51-48-45-42-39-36-34-31-26-23-20-17-14-11-8-5-2/h15-20,25-27,31,55H,4-14,21-24,28-30,32-54H2,1-3H3/b18-15-,19-16-,20-17-,27-25-,31-26-. The average Bonchev–Trinajstić information content (AvgIpc) is 3.27. The van der Waals surface area contributed by atoms with Gasteiger partial charge in [-0.25, -0.2) is 0 Å². The fraction of sp³-hybridized carbons (Fsp3) is 0.789. The number of allylic oxidation sites excluding steroid dienone is 10. The van der Waals surface area contributed by atoms with Crippen LogP contribution in [-0.4, -0.2) is 37.9 Å². The summed E-state index contributed by atoms with van der Waals surface area (Å²) in [5.41, 5.74) is 0. The van der Waals surface area contributed by atoms with Gasteiger partial charge in [0.25, 0.3) is 0 Å². The van der Waals surface area contributed by atoms with Crippen LogP contribution in [0.15, 0.2) is 60.8 Å². The topological polar surface area (TPSA) is 61.8 Å². The molecule has 0 radical (unpaired) electrons. The van der Waals surface area contributed by atoms with Gasteiger partial charge >= 0.3 is 11.9 Å². The Labute approximate surface area is 385 Å². The zero-order valence-electron chi connectivity index (χ0n) is 41.4. The Hall–Kier alpha value is -2.40. The van der Waals surface area contributed by atoms with Crippen LogP contribution >= 0.6 is 0 Å². The number of hydrogen-bond acceptors (Lipinski definition) is 5. The molecule has 0 rings (SSSR count). The summed E-state index contributed by atoms with van der Waals surface area (Å²) in [6.45, 7) is 7.74. The molecule has 0 amide bonds. The summed E-state index contributed by atoms with van der Waals surface area (Å²) in [7, 11) is 0. The molecule has 0 bridgehead atoms. The quantitative estimate of drug-likeness (QED) is 0.0346. The molecule has 5 heteroatoms. The molecule has 0 aliphatic rings. The number of carbonyl (C=O) groups is 2. The Bertz CT molecular complexity index is 1070. The van der Waals surface area contributed by atoms with Crippen molar-refractivity contribution in [3.8, 4) is 0 Å². The Morgan fingerprint density at radius 3 is 1.13 bits per heavy atom. The Morgan fingerprint density at radius 2 is 0.694 bits per heavy atom. The van der Waals surface area contributed by atoms with Crippen molar-refractivity contribution in [3.05, 3.63) is 60.8 Å². The molecule has 1 unspecified atom stereocenters. The number of esters is 2. The molecule has 0 aromatic heterocycles. The molecule has 0 saturated carbocycles. The van der Waals surface area contributed by atoms with Crippen LogP contribution in [0.1, 0.15) is 265 Å². The summed E-state index contributed by atoms with van der Waals surface area (Å²) in [4.78, 5) is 25.4. The summed E-state index contributed by atoms with van der Waals surface area (Å²) >= 11 is 0. The van der Waals surface area contributed by atoms with Gasteiger partial charge in [-0.1, -0.05) is 210 Å². The maximum atomic E-state index is 12.8. The molecule has 0 aromatic carbocycles. The van der Waals surface area contributed by atoms with Crippen molar-refractivity contribution in [3.63, 3.8) is 0 Å². The van der Waals surface area contributed by atoms with Crippen molar-refractivity contribution < 1.29 is 23.8 Å². The third-order valence-electron chi connectivity index (χ3n) is 11.5. The third kappa shape index (κ3) is 50.2. The lowest BCUT2D eigenvalue weighted by Crippen LogP contribution is -2.30. The van der Waals surface area contributed by atoms with E-state index >= 15 is 0 Å². The number of unbranched alkanes of at least 4 members (excludes halogenated alkanes) is 28. The fourth-order valence-corrected chi connectivity index (χ4v) is 7.43. The second-order valence-corrected chi connectivity index (χ2v) is 17.8. The van der Waals surface area contributed by atoms with Gasteiger partial charge in [0.05, 0.1) is 6.61 Å². The number of rotatable bonds is 49. The summed E-state index contributed by atoms with van der Waals surface area (Å²) in [5, 5.41) is 0. The summed E-state index contributed by atoms with van der Waals surface area (Å²) in [6, 6.07) is 0. The maximum Gasteiger partial charge on any atom is 0.306 e. The van der Waals surface area contributed by atoms with Gasteiger partial charge in [-0.2, -0.15) is 0 Å². The first-order chi connectivity index (χ1) is 30.6. The Balaban J connectivity index is 4.25. The molecule has 62 heavy (non-hydrogen) atoms. The monoisotopic (exact) mass is 867 g/mol. The molecule has 0 N–H and O–H groups in total. The molecular weight excluding hydrogens is 765 g/mol. The minimum atomic E-state index is -0.548. The average molecular weight is 867 g/mol. The highest BCUT2D eigenvalue weighted by atomic mass is 16.6. The van der Waals surface area contributed by atoms with Crippen LogP contribution in [0.3, 0.4) is 0 Å². The smallest absolute Gasteiger partial charge is 0.306 e. The van der Waals surface area contributed by atoms with Gasteiger partial charge in [0.2, 0.25) is 0 Å². The number of carbonyl (C=O) groups excluding carboxylic acids is 2. The van der Waals surface area contributed by atoms with Crippen molar-refractivity contribution in [2.45, 2.75) is 271 Å². The van der Waals surface area contributed by atoms with E-state index in [1.807, 2.05) is 0 Å². The van der Waals surface area contributed by atoms with Crippen LogP contribution in [0.4, 0.5) is 0 Å². The molecular formula is C57H102O5. The zero-order chi connectivity index (χ0) is 44.9. The summed E-state index contributed by atoms with van der Waals surface area (Å²) < 4.78 is 17.4. The van der Waals surface area contributed by atoms with E-state index in [9.17, 15) is 9.59 Å². The van der Waals surface area contributed by atoms with E-state index in [0.717, 1.165) is 64.2 Å². The van der Waals surface area contributed by atoms with Crippen molar-refractivity contribution in [1.82, 2.24) is 0 Å². The van der Waals surface area contributed by atoms with Crippen molar-refractivity contribution >= 4 is 11.9 Å². The first-order valence-electron chi connectivity index (χ1n) is 26.8. The minimum absolute atomic E-state index is 0.0750. The maximum absolute atomic E-state index is 12.8. The largest absolute Gasteiger partial charge is 0.462 e. The number of ether oxygens (including phenoxy) is 3. The van der Waals surface area contributed by atoms with Crippen LogP contribution in [0.2, 0.25) is 0 Å². The normalized spacial score (nSPS) is 12.6. The lowest BCUT2D eigenvalue weighted by atomic mass is 10.1. The molecule has 0 saturated heterocycles. The van der Waals surface area contributed by atoms with Crippen LogP contribution in [-0.2, 0) is 23.8 Å². The summed E-state index contributed by atoms with van der Waals surface area (Å²) in [5.74, 6) is -0.415. The van der Waals surface area contributed by atoms with E-state index in [0.29, 0.717) is 19.4 Å². The first kappa shape index (κ1) is 59.6. The van der Waals surface area contributed by atoms with E-state index in [2.05, 4.69) is 81.5 Å². The van der Waals surface area contributed by atoms with Crippen LogP contribution in [0, 0.1) is 0 Å². The lowest BCUT2D eigenvalue weighted by molar-refractivity contribution is -0.163. The van der Waals surface area contributed by atoms with Gasteiger partial charge in [-0.3, -0.25) is 9.59 Å². The molecule has 360 valence electrons. The van der Waals surface area contributed by atoms with E-state index < -0.39 is 6.10 Å². The first-order valence-corrected chi connectivity index (χ1v) is 26.8. The predicted molar refractivity (Wildman–Crippen MR) is 270 cm³/mol. The molecule has 0 spiro atoms. The molecule has 0 fully saturated rings. The van der Waals surface area contributed by atoms with Gasteiger partial charge in [0.15, 0.2) is 6.10 Å². The molecule has 0 aliphatic heterocycles. The van der Waals surface area contributed by atoms with E-state index in [-0.39, 0.29) is 25.2 Å². The van der Waals surface area contributed by atoms with Crippen molar-refractivity contribution in [2.24, 2.45) is 0 Å². The van der Waals surface area contributed by atoms with E-state index in [4.69, 9.17) is 14.2 Å². The van der Waals surface area contributed by atoms with E-state index in [1.165, 1.54) is 167 Å². The highest BCUT2D eigenvalue weighted by molar-refractivity contribution is 5.70. The predicted octanol–water partition coefficient (Wildman–Crippen LogP) is 18.1. The second kappa shape index (κ2) is 52.9. The van der Waals surface area contributed by atoms with Crippen molar-refractivity contribution in [2.75, 3.05) is 19.8 Å². The van der Waals surface area contributed by atoms with Crippen LogP contribution in [0.5, 0.6) is 0 Å². The van der Waals surface area contributed by atoms with Gasteiger partial charge in [-0.05, 0) is 103 Å². The minimum Gasteiger partial charge on any atom is -0.462 e. The second-order valence-electron chi connectivity index (χ2n) is 17.8. The lowest BCUT2D eigenvalue weighted by Gasteiger charge is -2.18. The van der Waals surface area contributed by atoms with Crippen LogP contribution < -0.4 is 0 Å². The third-order valence-corrected chi connectivity index (χ3v) is 11.5. The SMILES string of the molecule is CCCC/C=C\CCCCCCCCOCC(COC(=O)CCCCCCCCCCC/C=C\C/C=C\CCCCC)OC(=O)CCCCCCC/C=C\C/C=C\CCCCC. The number of hydrogen-bond donors (Lipinski definition) is 0. The molecule has 0 aromatic rings.